The lowest BCUT2D eigenvalue weighted by Crippen LogP contribution is -2.07. The Bertz CT molecular complexity index is 380. The first kappa shape index (κ1) is 16.4. The number of allylic oxidation sites excluding steroid dienone is 4. The average molecular weight is 247 g/mol. The molecule has 0 aromatic rings. The number of ether oxygens (including phenoxy) is 1. The molecule has 0 aliphatic heterocycles. The molecule has 2 heteroatoms. The van der Waals surface area contributed by atoms with Crippen molar-refractivity contribution in [2.24, 2.45) is 5.41 Å². The molecule has 0 saturated carbocycles. The van der Waals surface area contributed by atoms with Gasteiger partial charge in [-0.1, -0.05) is 59.6 Å². The van der Waals surface area contributed by atoms with Crippen LogP contribution in [0.25, 0.3) is 0 Å². The predicted octanol–water partition coefficient (Wildman–Crippen LogP) is 4.66. The van der Waals surface area contributed by atoms with E-state index in [1.165, 1.54) is 0 Å². The van der Waals surface area contributed by atoms with Crippen molar-refractivity contribution < 1.29 is 4.74 Å². The van der Waals surface area contributed by atoms with Crippen LogP contribution in [0.4, 0.5) is 0 Å². The van der Waals surface area contributed by atoms with Crippen molar-refractivity contribution in [3.05, 3.63) is 48.8 Å². The largest absolute Gasteiger partial charge is 0.494 e. The topological polar surface area (TPSA) is 33.1 Å². The molecule has 100 valence electrons. The van der Waals surface area contributed by atoms with Crippen LogP contribution in [0.15, 0.2) is 48.8 Å². The third kappa shape index (κ3) is 6.24. The zero-order valence-corrected chi connectivity index (χ0v) is 12.1. The smallest absolute Gasteiger partial charge is 0.120 e. The maximum absolute atomic E-state index is 7.98. The summed E-state index contributed by atoms with van der Waals surface area (Å²) in [4.78, 5) is 0. The van der Waals surface area contributed by atoms with Crippen LogP contribution in [-0.4, -0.2) is 12.3 Å². The molecule has 0 aromatic heterocycles. The van der Waals surface area contributed by atoms with E-state index in [1.807, 2.05) is 19.1 Å². The van der Waals surface area contributed by atoms with Gasteiger partial charge < -0.3 is 4.74 Å². The van der Waals surface area contributed by atoms with Gasteiger partial charge in [0.05, 0.1) is 12.3 Å². The Hall–Kier alpha value is -1.57. The predicted molar refractivity (Wildman–Crippen MR) is 80.0 cm³/mol. The molecule has 1 N–H and O–H groups in total. The monoisotopic (exact) mass is 247 g/mol. The molecular weight excluding hydrogens is 222 g/mol. The summed E-state index contributed by atoms with van der Waals surface area (Å²) in [5, 5.41) is 7.98. The van der Waals surface area contributed by atoms with Crippen molar-refractivity contribution in [2.45, 2.75) is 34.1 Å². The van der Waals surface area contributed by atoms with Gasteiger partial charge in [0.1, 0.15) is 5.76 Å². The highest BCUT2D eigenvalue weighted by molar-refractivity contribution is 6.13. The molecule has 0 amide bonds. The standard InChI is InChI=1S/C16H25NO/c1-8-11-18-14(4)13(3)15(17)12(2)9-10-16(5,6)7/h9-10,17H,2-4,8,11H2,1,5-7H3/b10-9-,17-15?. The van der Waals surface area contributed by atoms with Gasteiger partial charge in [-0.25, -0.2) is 0 Å². The van der Waals surface area contributed by atoms with E-state index in [0.29, 0.717) is 23.5 Å². The van der Waals surface area contributed by atoms with Gasteiger partial charge in [0.25, 0.3) is 0 Å². The minimum absolute atomic E-state index is 0.0697. The quantitative estimate of drug-likeness (QED) is 0.396. The van der Waals surface area contributed by atoms with Crippen LogP contribution in [0.3, 0.4) is 0 Å². The SMILES string of the molecule is C=C(/C=C\C(C)(C)C)C(=N)C(=C)C(=C)OCCC. The third-order valence-electron chi connectivity index (χ3n) is 2.22. The minimum atomic E-state index is 0.0697. The second-order valence-corrected chi connectivity index (χ2v) is 5.35. The number of hydrogen-bond donors (Lipinski definition) is 1. The Morgan fingerprint density at radius 2 is 1.78 bits per heavy atom. The van der Waals surface area contributed by atoms with E-state index in [2.05, 4.69) is 40.5 Å². The molecule has 0 aliphatic carbocycles. The summed E-state index contributed by atoms with van der Waals surface area (Å²) in [5.74, 6) is 0.451. The summed E-state index contributed by atoms with van der Waals surface area (Å²) >= 11 is 0. The van der Waals surface area contributed by atoms with Crippen molar-refractivity contribution in [3.8, 4) is 0 Å². The third-order valence-corrected chi connectivity index (χ3v) is 2.22. The Morgan fingerprint density at radius 1 is 1.22 bits per heavy atom. The zero-order chi connectivity index (χ0) is 14.3. The Kier molecular flexibility index (Phi) is 6.39. The van der Waals surface area contributed by atoms with E-state index in [1.54, 1.807) is 0 Å². The van der Waals surface area contributed by atoms with Crippen molar-refractivity contribution in [3.63, 3.8) is 0 Å². The van der Waals surface area contributed by atoms with Gasteiger partial charge in [-0.2, -0.15) is 0 Å². The van der Waals surface area contributed by atoms with Crippen LogP contribution in [0.2, 0.25) is 0 Å². The lowest BCUT2D eigenvalue weighted by atomic mass is 9.94. The normalized spacial score (nSPS) is 11.3. The fourth-order valence-corrected chi connectivity index (χ4v) is 1.08. The van der Waals surface area contributed by atoms with Gasteiger partial charge in [-0.15, -0.1) is 0 Å². The molecule has 0 spiro atoms. The van der Waals surface area contributed by atoms with E-state index >= 15 is 0 Å². The summed E-state index contributed by atoms with van der Waals surface area (Å²) < 4.78 is 5.37. The summed E-state index contributed by atoms with van der Waals surface area (Å²) in [7, 11) is 0. The maximum Gasteiger partial charge on any atom is 0.120 e. The molecule has 0 aliphatic rings. The van der Waals surface area contributed by atoms with Crippen LogP contribution in [0, 0.1) is 10.8 Å². The van der Waals surface area contributed by atoms with Crippen molar-refractivity contribution in [1.29, 1.82) is 5.41 Å². The van der Waals surface area contributed by atoms with Crippen molar-refractivity contribution in [2.75, 3.05) is 6.61 Å². The Morgan fingerprint density at radius 3 is 2.22 bits per heavy atom. The molecule has 0 rings (SSSR count). The highest BCUT2D eigenvalue weighted by Crippen LogP contribution is 2.18. The lowest BCUT2D eigenvalue weighted by molar-refractivity contribution is 0.224. The van der Waals surface area contributed by atoms with E-state index in [-0.39, 0.29) is 11.1 Å². The zero-order valence-electron chi connectivity index (χ0n) is 12.1. The fourth-order valence-electron chi connectivity index (χ4n) is 1.08. The van der Waals surface area contributed by atoms with Gasteiger partial charge in [0.2, 0.25) is 0 Å². The summed E-state index contributed by atoms with van der Waals surface area (Å²) in [6, 6.07) is 0. The second kappa shape index (κ2) is 7.00. The molecule has 0 heterocycles. The maximum atomic E-state index is 7.98. The van der Waals surface area contributed by atoms with Gasteiger partial charge >= 0.3 is 0 Å². The molecule has 0 bridgehead atoms. The summed E-state index contributed by atoms with van der Waals surface area (Å²) in [6.45, 7) is 20.4. The van der Waals surface area contributed by atoms with E-state index < -0.39 is 0 Å². The number of hydrogen-bond acceptors (Lipinski definition) is 2. The minimum Gasteiger partial charge on any atom is -0.494 e. The average Bonchev–Trinajstić information content (AvgIpc) is 2.29. The Balaban J connectivity index is 4.57. The molecule has 18 heavy (non-hydrogen) atoms. The van der Waals surface area contributed by atoms with Crippen molar-refractivity contribution >= 4 is 5.71 Å². The molecule has 0 radical (unpaired) electrons. The summed E-state index contributed by atoms with van der Waals surface area (Å²) in [6.07, 6.45) is 4.78. The molecule has 0 saturated heterocycles. The number of nitrogens with one attached hydrogen (secondary N) is 1. The van der Waals surface area contributed by atoms with Crippen LogP contribution < -0.4 is 0 Å². The molecule has 0 unspecified atom stereocenters. The van der Waals surface area contributed by atoms with E-state index in [9.17, 15) is 0 Å². The highest BCUT2D eigenvalue weighted by atomic mass is 16.5. The van der Waals surface area contributed by atoms with E-state index in [0.717, 1.165) is 6.42 Å². The Labute approximate surface area is 111 Å². The molecular formula is C16H25NO. The molecule has 2 nitrogen and oxygen atoms in total. The molecule has 0 fully saturated rings. The van der Waals surface area contributed by atoms with Gasteiger partial charge in [-0.3, -0.25) is 5.41 Å². The van der Waals surface area contributed by atoms with Gasteiger partial charge in [0.15, 0.2) is 0 Å². The van der Waals surface area contributed by atoms with Crippen LogP contribution in [0.5, 0.6) is 0 Å². The second-order valence-electron chi connectivity index (χ2n) is 5.35. The van der Waals surface area contributed by atoms with Crippen LogP contribution in [0.1, 0.15) is 34.1 Å². The highest BCUT2D eigenvalue weighted by Gasteiger charge is 2.11. The van der Waals surface area contributed by atoms with Crippen molar-refractivity contribution in [1.82, 2.24) is 0 Å². The first-order chi connectivity index (χ1) is 8.19. The first-order valence-corrected chi connectivity index (χ1v) is 6.17. The molecule has 0 atom stereocenters. The number of rotatable bonds is 7. The first-order valence-electron chi connectivity index (χ1n) is 6.17. The van der Waals surface area contributed by atoms with Crippen LogP contribution in [-0.2, 0) is 4.74 Å². The van der Waals surface area contributed by atoms with Gasteiger partial charge in [0, 0.05) is 5.57 Å². The van der Waals surface area contributed by atoms with Crippen LogP contribution >= 0.6 is 0 Å². The van der Waals surface area contributed by atoms with E-state index in [4.69, 9.17) is 10.1 Å². The fraction of sp³-hybridized carbons (Fsp3) is 0.438. The summed E-state index contributed by atoms with van der Waals surface area (Å²) in [5.41, 5.74) is 1.46. The van der Waals surface area contributed by atoms with Gasteiger partial charge in [-0.05, 0) is 17.4 Å². The lowest BCUT2D eigenvalue weighted by Gasteiger charge is -2.14. The molecule has 0 aromatic carbocycles.